The molecule has 0 aliphatic rings. The monoisotopic (exact) mass is 687 g/mol. The molecule has 0 radical (unpaired) electrons. The van der Waals surface area contributed by atoms with E-state index in [0.29, 0.717) is 13.0 Å². The fraction of sp³-hybridized carbons (Fsp3) is 0.848. The molecule has 13 nitrogen and oxygen atoms in total. The van der Waals surface area contributed by atoms with Gasteiger partial charge in [-0.1, -0.05) is 104 Å². The van der Waals surface area contributed by atoms with Crippen molar-refractivity contribution >= 4 is 24.9 Å². The van der Waals surface area contributed by atoms with Gasteiger partial charge in [-0.3, -0.25) is 23.4 Å². The molecule has 2 rings (SSSR count). The number of unbranched alkanes of at least 4 members (excludes halogenated alkanes) is 13. The van der Waals surface area contributed by atoms with E-state index in [9.17, 15) is 14.3 Å². The molecule has 0 fully saturated rings. The molecule has 0 bridgehead atoms. The minimum Gasteiger partial charge on any atom is -0.376 e. The van der Waals surface area contributed by atoms with Crippen molar-refractivity contribution in [3.8, 4) is 0 Å². The molecule has 2 aromatic rings. The van der Waals surface area contributed by atoms with Crippen LogP contribution in [0.1, 0.15) is 130 Å². The van der Waals surface area contributed by atoms with Gasteiger partial charge in [0.05, 0.1) is 38.4 Å². The fourth-order valence-corrected chi connectivity index (χ4v) is 6.06. The molecule has 4 N–H and O–H groups in total. The first kappa shape index (κ1) is 41.3. The van der Waals surface area contributed by atoms with Crippen molar-refractivity contribution in [2.75, 3.05) is 38.8 Å². The zero-order valence-electron chi connectivity index (χ0n) is 29.2. The van der Waals surface area contributed by atoms with Crippen molar-refractivity contribution in [3.05, 3.63) is 16.7 Å². The average Bonchev–Trinajstić information content (AvgIpc) is 3.44. The molecule has 0 aliphatic heterocycles. The summed E-state index contributed by atoms with van der Waals surface area (Å²) in [5.41, 5.74) is 5.56. The molecule has 0 saturated heterocycles. The maximum atomic E-state index is 12.3. The van der Waals surface area contributed by atoms with Gasteiger partial charge < -0.3 is 24.8 Å². The Morgan fingerprint density at radius 2 is 1.43 bits per heavy atom. The average molecular weight is 688 g/mol. The Kier molecular flexibility index (Phi) is 22.1. The van der Waals surface area contributed by atoms with E-state index in [1.807, 2.05) is 6.92 Å². The number of ether oxygens (including phenoxy) is 3. The van der Waals surface area contributed by atoms with Gasteiger partial charge in [-0.2, -0.15) is 4.98 Å². The highest BCUT2D eigenvalue weighted by atomic mass is 31.2. The number of nitrogen functional groups attached to an aromatic ring is 1. The van der Waals surface area contributed by atoms with E-state index in [2.05, 4.69) is 28.8 Å². The quantitative estimate of drug-likeness (QED) is 0.0537. The molecule has 14 heteroatoms. The first-order chi connectivity index (χ1) is 22.8. The van der Waals surface area contributed by atoms with E-state index in [1.165, 1.54) is 94.4 Å². The summed E-state index contributed by atoms with van der Waals surface area (Å²) in [5.74, 6) is -0.0312. The van der Waals surface area contributed by atoms with Gasteiger partial charge in [0.25, 0.3) is 5.56 Å². The molecule has 0 saturated carbocycles. The normalized spacial score (nSPS) is 14.5. The molecule has 272 valence electrons. The highest BCUT2D eigenvalue weighted by molar-refractivity contribution is 7.47. The van der Waals surface area contributed by atoms with Crippen LogP contribution < -0.4 is 11.3 Å². The molecule has 0 aromatic carbocycles. The summed E-state index contributed by atoms with van der Waals surface area (Å²) >= 11 is 0. The summed E-state index contributed by atoms with van der Waals surface area (Å²) in [5, 5.41) is 0. The van der Waals surface area contributed by atoms with Gasteiger partial charge in [0.1, 0.15) is 6.73 Å². The van der Waals surface area contributed by atoms with Crippen molar-refractivity contribution < 1.29 is 32.7 Å². The number of imidazole rings is 1. The number of nitrogens with two attached hydrogens (primary N) is 1. The molecule has 3 unspecified atom stereocenters. The van der Waals surface area contributed by atoms with Crippen LogP contribution in [0.5, 0.6) is 0 Å². The number of anilines is 1. The summed E-state index contributed by atoms with van der Waals surface area (Å²) < 4.78 is 41.7. The van der Waals surface area contributed by atoms with Gasteiger partial charge >= 0.3 is 7.82 Å². The largest absolute Gasteiger partial charge is 0.472 e. The molecular formula is C33H62N5O8P. The van der Waals surface area contributed by atoms with Crippen LogP contribution in [-0.4, -0.2) is 69.7 Å². The van der Waals surface area contributed by atoms with Crippen molar-refractivity contribution in [1.82, 2.24) is 19.5 Å². The summed E-state index contributed by atoms with van der Waals surface area (Å²) in [6.07, 6.45) is 21.8. The van der Waals surface area contributed by atoms with Crippen LogP contribution >= 0.6 is 7.82 Å². The van der Waals surface area contributed by atoms with Crippen molar-refractivity contribution in [2.45, 2.75) is 149 Å². The molecule has 0 amide bonds. The number of phosphoric ester groups is 1. The zero-order chi connectivity index (χ0) is 34.2. The van der Waals surface area contributed by atoms with Crippen LogP contribution in [0.15, 0.2) is 11.1 Å². The van der Waals surface area contributed by atoms with E-state index in [4.69, 9.17) is 29.0 Å². The zero-order valence-corrected chi connectivity index (χ0v) is 30.1. The highest BCUT2D eigenvalue weighted by Gasteiger charge is 2.22. The highest BCUT2D eigenvalue weighted by Crippen LogP contribution is 2.43. The lowest BCUT2D eigenvalue weighted by molar-refractivity contribution is -0.0718. The topological polar surface area (TPSA) is 173 Å². The van der Waals surface area contributed by atoms with E-state index in [1.54, 1.807) is 0 Å². The summed E-state index contributed by atoms with van der Waals surface area (Å²) in [6.45, 7) is 7.53. The summed E-state index contributed by atoms with van der Waals surface area (Å²) in [6, 6.07) is 0. The van der Waals surface area contributed by atoms with Crippen molar-refractivity contribution in [1.29, 1.82) is 0 Å². The van der Waals surface area contributed by atoms with E-state index >= 15 is 0 Å². The molecule has 0 spiro atoms. The number of rotatable bonds is 31. The Bertz CT molecular complexity index is 1180. The van der Waals surface area contributed by atoms with Crippen LogP contribution in [0, 0.1) is 0 Å². The third-order valence-corrected chi connectivity index (χ3v) is 9.09. The molecule has 2 heterocycles. The number of aromatic amines is 1. The maximum Gasteiger partial charge on any atom is 0.472 e. The van der Waals surface area contributed by atoms with Gasteiger partial charge in [-0.15, -0.1) is 0 Å². The molecule has 47 heavy (non-hydrogen) atoms. The second kappa shape index (κ2) is 25.2. The smallest absolute Gasteiger partial charge is 0.376 e. The van der Waals surface area contributed by atoms with Gasteiger partial charge in [0.15, 0.2) is 11.2 Å². The number of H-pyrrole nitrogens is 1. The number of aromatic nitrogens is 4. The predicted molar refractivity (Wildman–Crippen MR) is 185 cm³/mol. The molecule has 2 aromatic heterocycles. The summed E-state index contributed by atoms with van der Waals surface area (Å²) in [4.78, 5) is 32.3. The Morgan fingerprint density at radius 3 is 2.11 bits per heavy atom. The fourth-order valence-electron chi connectivity index (χ4n) is 5.32. The number of nitrogens with one attached hydrogen (secondary N) is 1. The van der Waals surface area contributed by atoms with Crippen LogP contribution in [0.4, 0.5) is 5.95 Å². The standard InChI is InChI=1S/C33H62N5O8P/c1-4-6-8-10-11-12-13-14-16-18-21-44-29(20-17-15-9-7-5-2)28(3)43-22-19-23-45-47(40,41)46-25-24-42-27-38-26-35-30-31(38)36-33(34)37-32(30)39/h26,28-29H,4-25,27H2,1-3H3,(H,40,41)(H3,34,36,37,39). The van der Waals surface area contributed by atoms with Crippen LogP contribution in [-0.2, 0) is 34.6 Å². The first-order valence-corrected chi connectivity index (χ1v) is 19.4. The second-order valence-corrected chi connectivity index (χ2v) is 13.7. The maximum absolute atomic E-state index is 12.3. The lowest BCUT2D eigenvalue weighted by Crippen LogP contribution is -2.30. The van der Waals surface area contributed by atoms with E-state index in [-0.39, 0.29) is 55.9 Å². The molecule has 3 atom stereocenters. The van der Waals surface area contributed by atoms with Crippen LogP contribution in [0.2, 0.25) is 0 Å². The molecular weight excluding hydrogens is 625 g/mol. The van der Waals surface area contributed by atoms with Crippen molar-refractivity contribution in [2.24, 2.45) is 0 Å². The van der Waals surface area contributed by atoms with Crippen LogP contribution in [0.3, 0.4) is 0 Å². The number of fused-ring (bicyclic) bond motifs is 1. The number of phosphoric acid groups is 1. The Morgan fingerprint density at radius 1 is 0.830 bits per heavy atom. The Labute approximate surface area is 281 Å². The SMILES string of the molecule is CCCCCCCCCCCCOC(CCCCCCC)C(C)OCCCOP(=O)(O)OCCOCn1cnc2c(=O)[nH]c(N)nc21. The minimum absolute atomic E-state index is 0.00453. The van der Waals surface area contributed by atoms with Gasteiger partial charge in [-0.05, 0) is 26.2 Å². The first-order valence-electron chi connectivity index (χ1n) is 17.9. The third-order valence-electron chi connectivity index (χ3n) is 8.08. The Balaban J connectivity index is 1.59. The van der Waals surface area contributed by atoms with Crippen molar-refractivity contribution in [3.63, 3.8) is 0 Å². The molecule has 0 aliphatic carbocycles. The summed E-state index contributed by atoms with van der Waals surface area (Å²) in [7, 11) is -4.24. The minimum atomic E-state index is -4.24. The van der Waals surface area contributed by atoms with Gasteiger partial charge in [0, 0.05) is 13.2 Å². The van der Waals surface area contributed by atoms with E-state index < -0.39 is 13.4 Å². The lowest BCUT2D eigenvalue weighted by Gasteiger charge is -2.25. The van der Waals surface area contributed by atoms with Crippen LogP contribution in [0.25, 0.3) is 11.2 Å². The Hall–Kier alpha value is -1.86. The lowest BCUT2D eigenvalue weighted by atomic mass is 10.0. The third kappa shape index (κ3) is 18.5. The predicted octanol–water partition coefficient (Wildman–Crippen LogP) is 7.27. The second-order valence-electron chi connectivity index (χ2n) is 12.2. The number of hydrogen-bond donors (Lipinski definition) is 3. The van der Waals surface area contributed by atoms with E-state index in [0.717, 1.165) is 25.9 Å². The number of hydrogen-bond acceptors (Lipinski definition) is 10. The van der Waals surface area contributed by atoms with Gasteiger partial charge in [-0.25, -0.2) is 9.55 Å². The number of nitrogens with zero attached hydrogens (tertiary/aromatic N) is 3. The van der Waals surface area contributed by atoms with Gasteiger partial charge in [0.2, 0.25) is 5.95 Å².